The van der Waals surface area contributed by atoms with Crippen LogP contribution in [0, 0.1) is 5.92 Å². The maximum absolute atomic E-state index is 10.2. The van der Waals surface area contributed by atoms with Crippen LogP contribution >= 0.6 is 0 Å². The van der Waals surface area contributed by atoms with Gasteiger partial charge in [0.05, 0.1) is 0 Å². The fraction of sp³-hybridized carbons (Fsp3) is 0.474. The van der Waals surface area contributed by atoms with Gasteiger partial charge in [-0.15, -0.1) is 0 Å². The zero-order valence-electron chi connectivity index (χ0n) is 13.0. The number of nitrogens with zero attached hydrogens (tertiary/aromatic N) is 1. The van der Waals surface area contributed by atoms with Crippen molar-refractivity contribution in [3.63, 3.8) is 0 Å². The highest BCUT2D eigenvalue weighted by Gasteiger charge is 2.31. The molecule has 3 heteroatoms. The number of hydrogen-bond acceptors (Lipinski definition) is 3. The van der Waals surface area contributed by atoms with Gasteiger partial charge >= 0.3 is 0 Å². The minimum Gasteiger partial charge on any atom is -0.507 e. The molecule has 0 radical (unpaired) electrons. The Morgan fingerprint density at radius 2 is 1.77 bits per heavy atom. The Morgan fingerprint density at radius 1 is 1.05 bits per heavy atom. The van der Waals surface area contributed by atoms with Crippen LogP contribution in [0.1, 0.15) is 30.9 Å². The first kappa shape index (κ1) is 14.0. The van der Waals surface area contributed by atoms with Crippen molar-refractivity contribution < 1.29 is 5.11 Å². The second-order valence-corrected chi connectivity index (χ2v) is 6.70. The Balaban J connectivity index is 1.76. The number of phenols is 1. The molecule has 4 rings (SSSR count). The van der Waals surface area contributed by atoms with E-state index in [-0.39, 0.29) is 0 Å². The van der Waals surface area contributed by atoms with Gasteiger partial charge < -0.3 is 10.4 Å². The Bertz CT molecular complexity index is 660. The molecule has 22 heavy (non-hydrogen) atoms. The van der Waals surface area contributed by atoms with Crippen LogP contribution in [0.3, 0.4) is 0 Å². The monoisotopic (exact) mass is 296 g/mol. The number of aromatic hydroxyl groups is 1. The van der Waals surface area contributed by atoms with Crippen molar-refractivity contribution in [2.45, 2.75) is 25.3 Å². The van der Waals surface area contributed by atoms with Crippen LogP contribution < -0.4 is 5.32 Å². The van der Waals surface area contributed by atoms with Crippen molar-refractivity contribution >= 4 is 10.8 Å². The van der Waals surface area contributed by atoms with E-state index in [2.05, 4.69) is 28.4 Å². The molecule has 2 fully saturated rings. The van der Waals surface area contributed by atoms with E-state index in [1.165, 1.54) is 30.2 Å². The van der Waals surface area contributed by atoms with Gasteiger partial charge in [-0.2, -0.15) is 0 Å². The van der Waals surface area contributed by atoms with Gasteiger partial charge in [0.25, 0.3) is 0 Å². The van der Waals surface area contributed by atoms with Gasteiger partial charge in [-0.25, -0.2) is 0 Å². The molecule has 1 saturated heterocycles. The van der Waals surface area contributed by atoms with Gasteiger partial charge in [0.1, 0.15) is 5.75 Å². The van der Waals surface area contributed by atoms with E-state index in [9.17, 15) is 5.11 Å². The first-order valence-electron chi connectivity index (χ1n) is 8.48. The maximum Gasteiger partial charge on any atom is 0.123 e. The molecule has 2 aromatic carbocycles. The molecular formula is C19H24N2O. The van der Waals surface area contributed by atoms with Crippen LogP contribution in [0.15, 0.2) is 36.4 Å². The number of benzene rings is 2. The molecule has 1 saturated carbocycles. The van der Waals surface area contributed by atoms with Gasteiger partial charge in [-0.3, -0.25) is 4.90 Å². The van der Waals surface area contributed by atoms with Gasteiger partial charge in [0, 0.05) is 37.6 Å². The molecule has 3 nitrogen and oxygen atoms in total. The topological polar surface area (TPSA) is 35.5 Å². The fourth-order valence-electron chi connectivity index (χ4n) is 3.73. The molecule has 0 unspecified atom stereocenters. The quantitative estimate of drug-likeness (QED) is 0.909. The average Bonchev–Trinajstić information content (AvgIpc) is 3.39. The smallest absolute Gasteiger partial charge is 0.123 e. The highest BCUT2D eigenvalue weighted by atomic mass is 16.3. The third kappa shape index (κ3) is 2.71. The third-order valence-corrected chi connectivity index (χ3v) is 5.14. The van der Waals surface area contributed by atoms with Crippen molar-refractivity contribution in [3.05, 3.63) is 42.0 Å². The average molecular weight is 296 g/mol. The van der Waals surface area contributed by atoms with Gasteiger partial charge in [0.2, 0.25) is 0 Å². The zero-order chi connectivity index (χ0) is 14.9. The Hall–Kier alpha value is -1.58. The summed E-state index contributed by atoms with van der Waals surface area (Å²) < 4.78 is 0. The van der Waals surface area contributed by atoms with E-state index >= 15 is 0 Å². The van der Waals surface area contributed by atoms with E-state index in [0.29, 0.717) is 11.8 Å². The van der Waals surface area contributed by atoms with Crippen LogP contribution in [0.2, 0.25) is 0 Å². The van der Waals surface area contributed by atoms with Crippen molar-refractivity contribution in [1.82, 2.24) is 10.2 Å². The summed E-state index contributed by atoms with van der Waals surface area (Å²) in [4.78, 5) is 2.63. The second kappa shape index (κ2) is 5.90. The van der Waals surface area contributed by atoms with Crippen LogP contribution in [-0.2, 0) is 0 Å². The van der Waals surface area contributed by atoms with Crippen molar-refractivity contribution in [2.24, 2.45) is 5.92 Å². The van der Waals surface area contributed by atoms with Crippen molar-refractivity contribution in [3.8, 4) is 5.75 Å². The highest BCUT2D eigenvalue weighted by Crippen LogP contribution is 2.42. The molecule has 2 aromatic rings. The number of fused-ring (bicyclic) bond motifs is 1. The minimum atomic E-state index is 0.393. The highest BCUT2D eigenvalue weighted by molar-refractivity contribution is 5.91. The minimum absolute atomic E-state index is 0.393. The molecule has 1 aliphatic carbocycles. The predicted molar refractivity (Wildman–Crippen MR) is 90.1 cm³/mol. The van der Waals surface area contributed by atoms with Crippen LogP contribution in [0.4, 0.5) is 0 Å². The largest absolute Gasteiger partial charge is 0.507 e. The molecule has 2 N–H and O–H groups in total. The summed E-state index contributed by atoms with van der Waals surface area (Å²) in [5.41, 5.74) is 1.39. The Kier molecular flexibility index (Phi) is 3.77. The zero-order valence-corrected chi connectivity index (χ0v) is 13.0. The SMILES string of the molecule is Oc1ccc([C@@H](CC2CC2)N2CCNCC2)c2ccccc12. The summed E-state index contributed by atoms with van der Waals surface area (Å²) in [5, 5.41) is 15.8. The molecule has 1 atom stereocenters. The summed E-state index contributed by atoms with van der Waals surface area (Å²) in [6.45, 7) is 4.40. The summed E-state index contributed by atoms with van der Waals surface area (Å²) >= 11 is 0. The lowest BCUT2D eigenvalue weighted by Crippen LogP contribution is -2.45. The lowest BCUT2D eigenvalue weighted by Gasteiger charge is -2.36. The van der Waals surface area contributed by atoms with E-state index in [1.54, 1.807) is 0 Å². The summed E-state index contributed by atoms with van der Waals surface area (Å²) in [7, 11) is 0. The molecule has 1 aliphatic heterocycles. The summed E-state index contributed by atoms with van der Waals surface area (Å²) in [6, 6.07) is 12.8. The fourth-order valence-corrected chi connectivity index (χ4v) is 3.73. The summed E-state index contributed by atoms with van der Waals surface area (Å²) in [6.07, 6.45) is 4.03. The molecule has 1 heterocycles. The third-order valence-electron chi connectivity index (χ3n) is 5.14. The second-order valence-electron chi connectivity index (χ2n) is 6.70. The molecule has 0 aromatic heterocycles. The number of rotatable bonds is 4. The number of piperazine rings is 1. The Labute approximate surface area is 131 Å². The van der Waals surface area contributed by atoms with E-state index in [0.717, 1.165) is 37.5 Å². The van der Waals surface area contributed by atoms with Crippen LogP contribution in [0.25, 0.3) is 10.8 Å². The summed E-state index contributed by atoms with van der Waals surface area (Å²) in [5.74, 6) is 1.29. The lowest BCUT2D eigenvalue weighted by molar-refractivity contribution is 0.161. The van der Waals surface area contributed by atoms with Crippen molar-refractivity contribution in [2.75, 3.05) is 26.2 Å². The number of nitrogens with one attached hydrogen (secondary N) is 1. The lowest BCUT2D eigenvalue weighted by atomic mass is 9.93. The number of hydrogen-bond donors (Lipinski definition) is 2. The van der Waals surface area contributed by atoms with Gasteiger partial charge in [0.15, 0.2) is 0 Å². The molecule has 2 aliphatic rings. The van der Waals surface area contributed by atoms with Gasteiger partial charge in [-0.1, -0.05) is 43.2 Å². The Morgan fingerprint density at radius 3 is 2.50 bits per heavy atom. The first-order chi connectivity index (χ1) is 10.8. The van der Waals surface area contributed by atoms with E-state index < -0.39 is 0 Å². The molecular weight excluding hydrogens is 272 g/mol. The van der Waals surface area contributed by atoms with Crippen LogP contribution in [0.5, 0.6) is 5.75 Å². The normalized spacial score (nSPS) is 21.1. The standard InChI is InChI=1S/C19H24N2O/c22-19-8-7-16(15-3-1-2-4-17(15)19)18(13-14-5-6-14)21-11-9-20-10-12-21/h1-4,7-8,14,18,20,22H,5-6,9-13H2/t18-/m1/s1. The van der Waals surface area contributed by atoms with Crippen LogP contribution in [-0.4, -0.2) is 36.2 Å². The predicted octanol–water partition coefficient (Wildman–Crippen LogP) is 3.29. The maximum atomic E-state index is 10.2. The first-order valence-corrected chi connectivity index (χ1v) is 8.48. The van der Waals surface area contributed by atoms with Gasteiger partial charge in [-0.05, 0) is 29.4 Å². The molecule has 116 valence electrons. The van der Waals surface area contributed by atoms with E-state index in [1.807, 2.05) is 18.2 Å². The molecule has 0 amide bonds. The number of phenolic OH excluding ortho intramolecular Hbond substituents is 1. The molecule has 0 bridgehead atoms. The van der Waals surface area contributed by atoms with Crippen molar-refractivity contribution in [1.29, 1.82) is 0 Å². The molecule has 0 spiro atoms. The van der Waals surface area contributed by atoms with E-state index in [4.69, 9.17) is 0 Å².